The maximum Gasteiger partial charge on any atom is 0.283 e. The highest BCUT2D eigenvalue weighted by Gasteiger charge is 2.21. The molecule has 23 heavy (non-hydrogen) atoms. The Bertz CT molecular complexity index is 761. The summed E-state index contributed by atoms with van der Waals surface area (Å²) in [5.74, 6) is -0.366. The first-order valence-corrected chi connectivity index (χ1v) is 8.37. The highest BCUT2D eigenvalue weighted by atomic mass is 16.2. The average molecular weight is 314 g/mol. The molecule has 2 aromatic heterocycles. The molecule has 1 aliphatic rings. The summed E-state index contributed by atoms with van der Waals surface area (Å²) in [7, 11) is 0. The van der Waals surface area contributed by atoms with Crippen molar-refractivity contribution in [1.82, 2.24) is 19.9 Å². The number of rotatable bonds is 3. The first-order valence-electron chi connectivity index (χ1n) is 8.37. The molecular formula is C17H22N4O2. The summed E-state index contributed by atoms with van der Waals surface area (Å²) in [4.78, 5) is 33.6. The third-order valence-corrected chi connectivity index (χ3v) is 4.42. The maximum absolute atomic E-state index is 12.6. The van der Waals surface area contributed by atoms with E-state index in [1.54, 1.807) is 18.3 Å². The molecule has 1 fully saturated rings. The Hall–Kier alpha value is -2.24. The fourth-order valence-corrected chi connectivity index (χ4v) is 3.19. The topological polar surface area (TPSA) is 76.9 Å². The van der Waals surface area contributed by atoms with E-state index in [0.717, 1.165) is 25.7 Å². The number of hydrogen-bond acceptors (Lipinski definition) is 4. The van der Waals surface area contributed by atoms with Gasteiger partial charge in [0, 0.05) is 18.8 Å². The predicted octanol–water partition coefficient (Wildman–Crippen LogP) is 2.26. The van der Waals surface area contributed by atoms with Gasteiger partial charge in [0.25, 0.3) is 11.5 Å². The fraction of sp³-hybridized carbons (Fsp3) is 0.529. The molecule has 0 radical (unpaired) electrons. The molecule has 1 amide bonds. The minimum absolute atomic E-state index is 0.0309. The van der Waals surface area contributed by atoms with Crippen LogP contribution >= 0.6 is 0 Å². The lowest BCUT2D eigenvalue weighted by molar-refractivity contribution is 0.0926. The first-order chi connectivity index (χ1) is 11.2. The van der Waals surface area contributed by atoms with Crippen LogP contribution in [-0.2, 0) is 6.54 Å². The molecule has 2 aromatic rings. The third-order valence-electron chi connectivity index (χ3n) is 4.42. The van der Waals surface area contributed by atoms with Gasteiger partial charge in [-0.1, -0.05) is 25.7 Å². The van der Waals surface area contributed by atoms with Crippen LogP contribution < -0.4 is 10.9 Å². The van der Waals surface area contributed by atoms with Crippen LogP contribution in [-0.4, -0.2) is 26.5 Å². The molecule has 0 atom stereocenters. The van der Waals surface area contributed by atoms with Crippen molar-refractivity contribution in [3.63, 3.8) is 0 Å². The van der Waals surface area contributed by atoms with Crippen molar-refractivity contribution >= 4 is 17.1 Å². The smallest absolute Gasteiger partial charge is 0.283 e. The van der Waals surface area contributed by atoms with Crippen LogP contribution in [0.2, 0.25) is 0 Å². The van der Waals surface area contributed by atoms with Gasteiger partial charge in [0.15, 0.2) is 11.3 Å². The zero-order chi connectivity index (χ0) is 16.2. The first kappa shape index (κ1) is 15.6. The molecule has 0 spiro atoms. The fourth-order valence-electron chi connectivity index (χ4n) is 3.19. The van der Waals surface area contributed by atoms with E-state index in [2.05, 4.69) is 15.3 Å². The SMILES string of the molecule is CCn1c(=O)c(C(=O)NC2CCCCCC2)nc2cccnc21. The van der Waals surface area contributed by atoms with Crippen molar-refractivity contribution in [3.8, 4) is 0 Å². The molecule has 122 valence electrons. The Morgan fingerprint density at radius 2 is 2.04 bits per heavy atom. The molecule has 0 aromatic carbocycles. The molecule has 0 aliphatic heterocycles. The summed E-state index contributed by atoms with van der Waals surface area (Å²) in [6.45, 7) is 2.32. The number of aryl methyl sites for hydroxylation is 1. The molecule has 6 nitrogen and oxygen atoms in total. The van der Waals surface area contributed by atoms with Crippen LogP contribution in [0.15, 0.2) is 23.1 Å². The monoisotopic (exact) mass is 314 g/mol. The number of nitrogens with one attached hydrogen (secondary N) is 1. The number of carbonyl (C=O) groups excluding carboxylic acids is 1. The number of carbonyl (C=O) groups is 1. The number of nitrogens with zero attached hydrogens (tertiary/aromatic N) is 3. The minimum atomic E-state index is -0.371. The van der Waals surface area contributed by atoms with E-state index < -0.39 is 0 Å². The Balaban J connectivity index is 1.93. The highest BCUT2D eigenvalue weighted by molar-refractivity contribution is 5.93. The van der Waals surface area contributed by atoms with Crippen molar-refractivity contribution in [2.45, 2.75) is 58.0 Å². The number of hydrogen-bond donors (Lipinski definition) is 1. The van der Waals surface area contributed by atoms with Crippen LogP contribution in [0.4, 0.5) is 0 Å². The zero-order valence-corrected chi connectivity index (χ0v) is 13.4. The maximum atomic E-state index is 12.6. The van der Waals surface area contributed by atoms with Crippen LogP contribution in [0.3, 0.4) is 0 Å². The van der Waals surface area contributed by atoms with Gasteiger partial charge >= 0.3 is 0 Å². The molecular weight excluding hydrogens is 292 g/mol. The van der Waals surface area contributed by atoms with Gasteiger partial charge in [-0.05, 0) is 31.9 Å². The van der Waals surface area contributed by atoms with Crippen LogP contribution in [0.25, 0.3) is 11.2 Å². The Kier molecular flexibility index (Phi) is 4.69. The quantitative estimate of drug-likeness (QED) is 0.882. The summed E-state index contributed by atoms with van der Waals surface area (Å²) in [5, 5.41) is 3.00. The van der Waals surface area contributed by atoms with Crippen molar-refractivity contribution in [3.05, 3.63) is 34.4 Å². The van der Waals surface area contributed by atoms with E-state index in [1.165, 1.54) is 17.4 Å². The second-order valence-corrected chi connectivity index (χ2v) is 6.02. The standard InChI is InChI=1S/C17H22N4O2/c1-2-21-15-13(10-7-11-18-15)20-14(17(21)23)16(22)19-12-8-5-3-4-6-9-12/h7,10-12H,2-6,8-9H2,1H3,(H,19,22). The highest BCUT2D eigenvalue weighted by Crippen LogP contribution is 2.17. The number of amides is 1. The van der Waals surface area contributed by atoms with E-state index in [9.17, 15) is 9.59 Å². The molecule has 2 heterocycles. The van der Waals surface area contributed by atoms with Gasteiger partial charge in [0.2, 0.25) is 0 Å². The summed E-state index contributed by atoms with van der Waals surface area (Å²) in [6, 6.07) is 3.68. The van der Waals surface area contributed by atoms with Crippen molar-refractivity contribution in [1.29, 1.82) is 0 Å². The Morgan fingerprint density at radius 3 is 2.74 bits per heavy atom. The number of fused-ring (bicyclic) bond motifs is 1. The lowest BCUT2D eigenvalue weighted by Crippen LogP contribution is -2.39. The number of aromatic nitrogens is 3. The van der Waals surface area contributed by atoms with Crippen LogP contribution in [0, 0.1) is 0 Å². The summed E-state index contributed by atoms with van der Waals surface area (Å²) < 4.78 is 1.50. The van der Waals surface area contributed by atoms with Crippen molar-refractivity contribution < 1.29 is 4.79 Å². The zero-order valence-electron chi connectivity index (χ0n) is 13.4. The third kappa shape index (κ3) is 3.25. The van der Waals surface area contributed by atoms with Gasteiger partial charge in [-0.2, -0.15) is 0 Å². The second kappa shape index (κ2) is 6.89. The van der Waals surface area contributed by atoms with Crippen LogP contribution in [0.1, 0.15) is 55.9 Å². The molecule has 3 rings (SSSR count). The van der Waals surface area contributed by atoms with Gasteiger partial charge in [-0.3, -0.25) is 14.2 Å². The van der Waals surface area contributed by atoms with E-state index in [1.807, 2.05) is 6.92 Å². The lowest BCUT2D eigenvalue weighted by atomic mass is 10.1. The lowest BCUT2D eigenvalue weighted by Gasteiger charge is -2.16. The molecule has 0 saturated heterocycles. The minimum Gasteiger partial charge on any atom is -0.348 e. The van der Waals surface area contributed by atoms with E-state index in [4.69, 9.17) is 0 Å². The van der Waals surface area contributed by atoms with Crippen molar-refractivity contribution in [2.24, 2.45) is 0 Å². The van der Waals surface area contributed by atoms with Gasteiger partial charge in [0.05, 0.1) is 0 Å². The van der Waals surface area contributed by atoms with E-state index in [0.29, 0.717) is 17.7 Å². The van der Waals surface area contributed by atoms with Crippen LogP contribution in [0.5, 0.6) is 0 Å². The van der Waals surface area contributed by atoms with E-state index >= 15 is 0 Å². The molecule has 6 heteroatoms. The second-order valence-electron chi connectivity index (χ2n) is 6.02. The largest absolute Gasteiger partial charge is 0.348 e. The van der Waals surface area contributed by atoms with Crippen molar-refractivity contribution in [2.75, 3.05) is 0 Å². The molecule has 1 saturated carbocycles. The van der Waals surface area contributed by atoms with Gasteiger partial charge in [-0.25, -0.2) is 9.97 Å². The summed E-state index contributed by atoms with van der Waals surface area (Å²) in [6.07, 6.45) is 8.26. The predicted molar refractivity (Wildman–Crippen MR) is 88.4 cm³/mol. The normalized spacial score (nSPS) is 16.2. The van der Waals surface area contributed by atoms with Gasteiger partial charge < -0.3 is 5.32 Å². The molecule has 1 aliphatic carbocycles. The van der Waals surface area contributed by atoms with Gasteiger partial charge in [-0.15, -0.1) is 0 Å². The van der Waals surface area contributed by atoms with E-state index in [-0.39, 0.29) is 23.2 Å². The summed E-state index contributed by atoms with van der Waals surface area (Å²) >= 11 is 0. The molecule has 0 unspecified atom stereocenters. The molecule has 0 bridgehead atoms. The number of pyridine rings is 1. The average Bonchev–Trinajstić information content (AvgIpc) is 2.83. The Morgan fingerprint density at radius 1 is 1.30 bits per heavy atom. The van der Waals surface area contributed by atoms with Gasteiger partial charge in [0.1, 0.15) is 5.52 Å². The Labute approximate surface area is 134 Å². The molecule has 1 N–H and O–H groups in total. The summed E-state index contributed by atoms with van der Waals surface area (Å²) in [5.41, 5.74) is 0.687.